The van der Waals surface area contributed by atoms with Crippen molar-refractivity contribution in [3.8, 4) is 29.0 Å². The van der Waals surface area contributed by atoms with E-state index in [1.807, 2.05) is 24.3 Å². The van der Waals surface area contributed by atoms with E-state index < -0.39 is 0 Å². The average molecular weight is 353 g/mol. The summed E-state index contributed by atoms with van der Waals surface area (Å²) in [5.41, 5.74) is 2.42. The maximum absolute atomic E-state index is 8.82. The molecular weight excluding hydrogens is 338 g/mol. The van der Waals surface area contributed by atoms with Crippen LogP contribution in [0.15, 0.2) is 52.1 Å². The van der Waals surface area contributed by atoms with Crippen LogP contribution in [0, 0.1) is 11.3 Å². The van der Waals surface area contributed by atoms with Crippen molar-refractivity contribution in [2.75, 3.05) is 14.2 Å². The minimum atomic E-state index is 0.391. The van der Waals surface area contributed by atoms with Gasteiger partial charge in [-0.3, -0.25) is 0 Å². The number of ether oxygens (including phenoxy) is 2. The molecule has 0 amide bonds. The van der Waals surface area contributed by atoms with Crippen LogP contribution in [0.25, 0.3) is 11.5 Å². The van der Waals surface area contributed by atoms with Gasteiger partial charge < -0.3 is 13.9 Å². The first-order valence-electron chi connectivity index (χ1n) is 7.41. The van der Waals surface area contributed by atoms with Gasteiger partial charge in [0.15, 0.2) is 0 Å². The zero-order chi connectivity index (χ0) is 17.6. The summed E-state index contributed by atoms with van der Waals surface area (Å²) in [4.78, 5) is 0. The van der Waals surface area contributed by atoms with Gasteiger partial charge in [0.25, 0.3) is 11.1 Å². The summed E-state index contributed by atoms with van der Waals surface area (Å²) < 4.78 is 16.3. The van der Waals surface area contributed by atoms with Crippen molar-refractivity contribution >= 4 is 11.8 Å². The number of thioether (sulfide) groups is 1. The molecule has 126 valence electrons. The van der Waals surface area contributed by atoms with Crippen molar-refractivity contribution < 1.29 is 13.9 Å². The van der Waals surface area contributed by atoms with Crippen molar-refractivity contribution in [2.24, 2.45) is 0 Å². The summed E-state index contributed by atoms with van der Waals surface area (Å²) in [5, 5.41) is 17.4. The molecule has 0 aliphatic heterocycles. The fourth-order valence-corrected chi connectivity index (χ4v) is 2.89. The lowest BCUT2D eigenvalue weighted by atomic mass is 10.2. The first-order valence-corrected chi connectivity index (χ1v) is 8.40. The second kappa shape index (κ2) is 7.73. The minimum absolute atomic E-state index is 0.391. The summed E-state index contributed by atoms with van der Waals surface area (Å²) in [6, 6.07) is 14.9. The molecule has 0 fully saturated rings. The highest BCUT2D eigenvalue weighted by Crippen LogP contribution is 2.34. The maximum Gasteiger partial charge on any atom is 0.277 e. The summed E-state index contributed by atoms with van der Waals surface area (Å²) >= 11 is 1.43. The van der Waals surface area contributed by atoms with Gasteiger partial charge in [-0.15, -0.1) is 10.2 Å². The molecule has 0 aliphatic rings. The van der Waals surface area contributed by atoms with Gasteiger partial charge in [-0.2, -0.15) is 5.26 Å². The van der Waals surface area contributed by atoms with Crippen molar-refractivity contribution in [2.45, 2.75) is 11.0 Å². The molecular formula is C18H15N3O3S. The van der Waals surface area contributed by atoms with E-state index in [1.54, 1.807) is 32.4 Å². The Hall–Kier alpha value is -2.98. The number of nitrogens with zero attached hydrogens (tertiary/aromatic N) is 3. The quantitative estimate of drug-likeness (QED) is 0.621. The molecule has 0 atom stereocenters. The first-order chi connectivity index (χ1) is 12.2. The predicted octanol–water partition coefficient (Wildman–Crippen LogP) is 3.92. The maximum atomic E-state index is 8.82. The second-order valence-electron chi connectivity index (χ2n) is 5.04. The zero-order valence-electron chi connectivity index (χ0n) is 13.7. The SMILES string of the molecule is COc1ccc(-c2nnc(SCc3ccc(C#N)cc3)o2)c(OC)c1. The van der Waals surface area contributed by atoms with E-state index in [9.17, 15) is 0 Å². The molecule has 0 bridgehead atoms. The molecule has 0 saturated heterocycles. The highest BCUT2D eigenvalue weighted by atomic mass is 32.2. The third-order valence-corrected chi connectivity index (χ3v) is 4.38. The smallest absolute Gasteiger partial charge is 0.277 e. The van der Waals surface area contributed by atoms with Gasteiger partial charge in [0.1, 0.15) is 11.5 Å². The number of nitriles is 1. The highest BCUT2D eigenvalue weighted by Gasteiger charge is 2.15. The van der Waals surface area contributed by atoms with Crippen LogP contribution in [0.2, 0.25) is 0 Å². The average Bonchev–Trinajstić information content (AvgIpc) is 3.15. The van der Waals surface area contributed by atoms with Crippen molar-refractivity contribution in [3.05, 3.63) is 53.6 Å². The molecule has 1 aromatic heterocycles. The lowest BCUT2D eigenvalue weighted by molar-refractivity contribution is 0.393. The Labute approximate surface area is 149 Å². The van der Waals surface area contributed by atoms with E-state index in [-0.39, 0.29) is 0 Å². The van der Waals surface area contributed by atoms with E-state index >= 15 is 0 Å². The van der Waals surface area contributed by atoms with Gasteiger partial charge in [0.05, 0.1) is 31.4 Å². The van der Waals surface area contributed by atoms with E-state index in [0.717, 1.165) is 5.56 Å². The molecule has 7 heteroatoms. The predicted molar refractivity (Wildman–Crippen MR) is 93.6 cm³/mol. The van der Waals surface area contributed by atoms with Crippen LogP contribution in [0.4, 0.5) is 0 Å². The summed E-state index contributed by atoms with van der Waals surface area (Å²) in [7, 11) is 3.17. The molecule has 0 aliphatic carbocycles. The standard InChI is InChI=1S/C18H15N3O3S/c1-22-14-7-8-15(16(9-14)23-2)17-20-21-18(24-17)25-11-13-5-3-12(10-19)4-6-13/h3-9H,11H2,1-2H3. The monoisotopic (exact) mass is 353 g/mol. The molecule has 6 nitrogen and oxygen atoms in total. The molecule has 0 unspecified atom stereocenters. The number of hydrogen-bond donors (Lipinski definition) is 0. The first kappa shape index (κ1) is 16.9. The number of hydrogen-bond acceptors (Lipinski definition) is 7. The van der Waals surface area contributed by atoms with E-state index in [1.165, 1.54) is 11.8 Å². The van der Waals surface area contributed by atoms with Crippen LogP contribution >= 0.6 is 11.8 Å². The van der Waals surface area contributed by atoms with Gasteiger partial charge >= 0.3 is 0 Å². The fraction of sp³-hybridized carbons (Fsp3) is 0.167. The Balaban J connectivity index is 1.73. The molecule has 2 aromatic carbocycles. The molecule has 0 saturated carbocycles. The molecule has 3 rings (SSSR count). The Morgan fingerprint density at radius 3 is 2.56 bits per heavy atom. The van der Waals surface area contributed by atoms with Crippen molar-refractivity contribution in [1.82, 2.24) is 10.2 Å². The number of benzene rings is 2. The molecule has 0 N–H and O–H groups in total. The third kappa shape index (κ3) is 3.92. The van der Waals surface area contributed by atoms with Crippen LogP contribution in [-0.2, 0) is 5.75 Å². The van der Waals surface area contributed by atoms with Crippen molar-refractivity contribution in [3.63, 3.8) is 0 Å². The van der Waals surface area contributed by atoms with E-state index in [0.29, 0.717) is 39.5 Å². The minimum Gasteiger partial charge on any atom is -0.497 e. The third-order valence-electron chi connectivity index (χ3n) is 3.49. The summed E-state index contributed by atoms with van der Waals surface area (Å²) in [6.45, 7) is 0. The lowest BCUT2D eigenvalue weighted by Crippen LogP contribution is -1.90. The van der Waals surface area contributed by atoms with E-state index in [4.69, 9.17) is 19.2 Å². The van der Waals surface area contributed by atoms with Crippen LogP contribution in [0.1, 0.15) is 11.1 Å². The Bertz CT molecular complexity index is 901. The second-order valence-corrected chi connectivity index (χ2v) is 5.96. The highest BCUT2D eigenvalue weighted by molar-refractivity contribution is 7.98. The Morgan fingerprint density at radius 1 is 1.08 bits per heavy atom. The van der Waals surface area contributed by atoms with Crippen molar-refractivity contribution in [1.29, 1.82) is 5.26 Å². The summed E-state index contributed by atoms with van der Waals surface area (Å²) in [6.07, 6.45) is 0. The van der Waals surface area contributed by atoms with Crippen LogP contribution in [0.5, 0.6) is 11.5 Å². The molecule has 25 heavy (non-hydrogen) atoms. The molecule has 0 spiro atoms. The number of rotatable bonds is 6. The normalized spacial score (nSPS) is 10.3. The number of aromatic nitrogens is 2. The van der Waals surface area contributed by atoms with E-state index in [2.05, 4.69) is 16.3 Å². The van der Waals surface area contributed by atoms with Crippen LogP contribution in [0.3, 0.4) is 0 Å². The lowest BCUT2D eigenvalue weighted by Gasteiger charge is -2.07. The van der Waals surface area contributed by atoms with Gasteiger partial charge in [0.2, 0.25) is 0 Å². The topological polar surface area (TPSA) is 81.2 Å². The fourth-order valence-electron chi connectivity index (χ4n) is 2.17. The number of methoxy groups -OCH3 is 2. The van der Waals surface area contributed by atoms with Gasteiger partial charge in [-0.05, 0) is 29.8 Å². The van der Waals surface area contributed by atoms with Crippen LogP contribution < -0.4 is 9.47 Å². The van der Waals surface area contributed by atoms with Crippen LogP contribution in [-0.4, -0.2) is 24.4 Å². The van der Waals surface area contributed by atoms with Gasteiger partial charge in [-0.1, -0.05) is 23.9 Å². The van der Waals surface area contributed by atoms with Gasteiger partial charge in [0, 0.05) is 11.8 Å². The Morgan fingerprint density at radius 2 is 1.88 bits per heavy atom. The van der Waals surface area contributed by atoms with Gasteiger partial charge in [-0.25, -0.2) is 0 Å². The zero-order valence-corrected chi connectivity index (χ0v) is 14.5. The Kier molecular flexibility index (Phi) is 5.21. The molecule has 1 heterocycles. The molecule has 3 aromatic rings. The summed E-state index contributed by atoms with van der Waals surface area (Å²) in [5.74, 6) is 2.36. The molecule has 0 radical (unpaired) electrons. The largest absolute Gasteiger partial charge is 0.497 e.